The Hall–Kier alpha value is -1.86. The third kappa shape index (κ3) is 4.57. The summed E-state index contributed by atoms with van der Waals surface area (Å²) in [4.78, 5) is 14.4. The van der Waals surface area contributed by atoms with E-state index in [1.54, 1.807) is 0 Å². The minimum absolute atomic E-state index is 0.0483. The van der Waals surface area contributed by atoms with Crippen LogP contribution in [0.1, 0.15) is 44.6 Å². The first kappa shape index (κ1) is 16.5. The summed E-state index contributed by atoms with van der Waals surface area (Å²) >= 11 is 0. The fourth-order valence-corrected chi connectivity index (χ4v) is 2.95. The van der Waals surface area contributed by atoms with E-state index in [-0.39, 0.29) is 11.8 Å². The normalized spacial score (nSPS) is 18.9. The molecule has 1 saturated heterocycles. The highest BCUT2D eigenvalue weighted by atomic mass is 16.1. The molecule has 1 heterocycles. The largest absolute Gasteiger partial charge is 0.326 e. The first-order valence-electron chi connectivity index (χ1n) is 8.11. The van der Waals surface area contributed by atoms with E-state index in [2.05, 4.69) is 36.2 Å². The Morgan fingerprint density at radius 3 is 2.95 bits per heavy atom. The number of hydrogen-bond donors (Lipinski definition) is 1. The average molecular weight is 299 g/mol. The number of nitriles is 1. The van der Waals surface area contributed by atoms with Crippen LogP contribution in [-0.4, -0.2) is 30.4 Å². The molecule has 0 unspecified atom stereocenters. The summed E-state index contributed by atoms with van der Waals surface area (Å²) in [5.74, 6) is 0.556. The van der Waals surface area contributed by atoms with Gasteiger partial charge in [0, 0.05) is 25.2 Å². The lowest BCUT2D eigenvalue weighted by molar-refractivity contribution is -0.116. The molecule has 4 nitrogen and oxygen atoms in total. The van der Waals surface area contributed by atoms with E-state index in [1.807, 2.05) is 18.2 Å². The lowest BCUT2D eigenvalue weighted by atomic mass is 9.99. The molecule has 1 aliphatic heterocycles. The number of nitrogens with one attached hydrogen (secondary N) is 1. The van der Waals surface area contributed by atoms with Gasteiger partial charge in [0.05, 0.1) is 12.0 Å². The van der Waals surface area contributed by atoms with Gasteiger partial charge in [-0.1, -0.05) is 32.0 Å². The molecule has 2 rings (SSSR count). The first-order chi connectivity index (χ1) is 10.6. The lowest BCUT2D eigenvalue weighted by Crippen LogP contribution is -2.36. The van der Waals surface area contributed by atoms with Crippen molar-refractivity contribution in [1.82, 2.24) is 4.90 Å². The number of benzene rings is 1. The third-order valence-electron chi connectivity index (χ3n) is 4.20. The number of carbonyl (C=O) groups excluding carboxylic acids is 1. The molecule has 1 aliphatic rings. The number of carbonyl (C=O) groups is 1. The van der Waals surface area contributed by atoms with Gasteiger partial charge in [-0.25, -0.2) is 0 Å². The van der Waals surface area contributed by atoms with Crippen molar-refractivity contribution in [3.8, 4) is 6.07 Å². The smallest absolute Gasteiger partial charge is 0.225 e. The molecule has 1 amide bonds. The number of likely N-dealkylation sites (tertiary alicyclic amines) is 1. The van der Waals surface area contributed by atoms with Crippen molar-refractivity contribution in [2.75, 3.05) is 25.0 Å². The molecule has 1 fully saturated rings. The van der Waals surface area contributed by atoms with Gasteiger partial charge >= 0.3 is 0 Å². The number of rotatable bonds is 5. The zero-order valence-electron chi connectivity index (χ0n) is 13.5. The Kier molecular flexibility index (Phi) is 5.97. The van der Waals surface area contributed by atoms with Gasteiger partial charge in [0.25, 0.3) is 0 Å². The zero-order chi connectivity index (χ0) is 15.9. The molecule has 22 heavy (non-hydrogen) atoms. The van der Waals surface area contributed by atoms with E-state index in [9.17, 15) is 4.79 Å². The van der Waals surface area contributed by atoms with Crippen LogP contribution in [0.25, 0.3) is 0 Å². The highest BCUT2D eigenvalue weighted by Crippen LogP contribution is 2.23. The molecular formula is C18H25N3O. The van der Waals surface area contributed by atoms with Crippen molar-refractivity contribution in [2.24, 2.45) is 5.92 Å². The van der Waals surface area contributed by atoms with Gasteiger partial charge in [-0.3, -0.25) is 4.79 Å². The van der Waals surface area contributed by atoms with E-state index < -0.39 is 0 Å². The van der Waals surface area contributed by atoms with Crippen LogP contribution in [0.15, 0.2) is 24.3 Å². The molecule has 0 bridgehead atoms. The van der Waals surface area contributed by atoms with Crippen LogP contribution < -0.4 is 5.32 Å². The monoisotopic (exact) mass is 299 g/mol. The fraction of sp³-hybridized carbons (Fsp3) is 0.556. The Balaban J connectivity index is 1.85. The van der Waals surface area contributed by atoms with Gasteiger partial charge in [-0.15, -0.1) is 0 Å². The second-order valence-corrected chi connectivity index (χ2v) is 6.31. The topological polar surface area (TPSA) is 56.1 Å². The van der Waals surface area contributed by atoms with Crippen molar-refractivity contribution in [2.45, 2.75) is 39.0 Å². The van der Waals surface area contributed by atoms with Crippen molar-refractivity contribution in [3.63, 3.8) is 0 Å². The third-order valence-corrected chi connectivity index (χ3v) is 4.20. The predicted molar refractivity (Wildman–Crippen MR) is 88.6 cm³/mol. The molecule has 0 aliphatic carbocycles. The molecule has 0 radical (unpaired) electrons. The van der Waals surface area contributed by atoms with Crippen molar-refractivity contribution >= 4 is 11.6 Å². The molecule has 118 valence electrons. The summed E-state index contributed by atoms with van der Waals surface area (Å²) in [6, 6.07) is 10.3. The Labute approximate surface area is 133 Å². The van der Waals surface area contributed by atoms with Gasteiger partial charge in [0.1, 0.15) is 0 Å². The highest BCUT2D eigenvalue weighted by molar-refractivity contribution is 5.91. The Morgan fingerprint density at radius 2 is 2.23 bits per heavy atom. The van der Waals surface area contributed by atoms with Crippen LogP contribution in [-0.2, 0) is 4.79 Å². The van der Waals surface area contributed by atoms with E-state index in [0.29, 0.717) is 12.3 Å². The number of nitrogens with zero attached hydrogens (tertiary/aromatic N) is 2. The Morgan fingerprint density at radius 1 is 1.45 bits per heavy atom. The SMILES string of the molecule is CC(C)c1ccccc1NC(=O)CCN1CCC[C@H](C#N)C1. The van der Waals surface area contributed by atoms with Crippen molar-refractivity contribution < 1.29 is 4.79 Å². The lowest BCUT2D eigenvalue weighted by Gasteiger charge is -2.29. The van der Waals surface area contributed by atoms with Gasteiger partial charge in [-0.05, 0) is 36.9 Å². The second-order valence-electron chi connectivity index (χ2n) is 6.31. The van der Waals surface area contributed by atoms with Crippen LogP contribution in [0.4, 0.5) is 5.69 Å². The first-order valence-corrected chi connectivity index (χ1v) is 8.11. The van der Waals surface area contributed by atoms with E-state index in [1.165, 1.54) is 5.56 Å². The molecule has 0 saturated carbocycles. The molecule has 1 atom stereocenters. The Bertz CT molecular complexity index is 548. The number of amides is 1. The maximum Gasteiger partial charge on any atom is 0.225 e. The highest BCUT2D eigenvalue weighted by Gasteiger charge is 2.19. The summed E-state index contributed by atoms with van der Waals surface area (Å²) in [6.45, 7) is 6.77. The maximum absolute atomic E-state index is 12.2. The van der Waals surface area contributed by atoms with Gasteiger partial charge in [0.2, 0.25) is 5.91 Å². The van der Waals surface area contributed by atoms with Crippen LogP contribution in [0.5, 0.6) is 0 Å². The molecule has 0 aromatic heterocycles. The number of hydrogen-bond acceptors (Lipinski definition) is 3. The molecular weight excluding hydrogens is 274 g/mol. The quantitative estimate of drug-likeness (QED) is 0.907. The second kappa shape index (κ2) is 7.95. The van der Waals surface area contributed by atoms with E-state index in [4.69, 9.17) is 5.26 Å². The maximum atomic E-state index is 12.2. The van der Waals surface area contributed by atoms with Crippen LogP contribution in [0, 0.1) is 17.2 Å². The zero-order valence-corrected chi connectivity index (χ0v) is 13.5. The summed E-state index contributed by atoms with van der Waals surface area (Å²) in [7, 11) is 0. The average Bonchev–Trinajstić information content (AvgIpc) is 2.53. The molecule has 1 aromatic rings. The van der Waals surface area contributed by atoms with Crippen LogP contribution in [0.2, 0.25) is 0 Å². The summed E-state index contributed by atoms with van der Waals surface area (Å²) in [5.41, 5.74) is 2.08. The molecule has 4 heteroatoms. The van der Waals surface area contributed by atoms with Crippen molar-refractivity contribution in [1.29, 1.82) is 5.26 Å². The van der Waals surface area contributed by atoms with Crippen LogP contribution >= 0.6 is 0 Å². The molecule has 0 spiro atoms. The van der Waals surface area contributed by atoms with E-state index >= 15 is 0 Å². The minimum Gasteiger partial charge on any atom is -0.326 e. The number of anilines is 1. The van der Waals surface area contributed by atoms with Gasteiger partial charge < -0.3 is 10.2 Å². The van der Waals surface area contributed by atoms with Gasteiger partial charge in [-0.2, -0.15) is 5.26 Å². The molecule has 1 aromatic carbocycles. The fourth-order valence-electron chi connectivity index (χ4n) is 2.95. The van der Waals surface area contributed by atoms with Gasteiger partial charge in [0.15, 0.2) is 0 Å². The summed E-state index contributed by atoms with van der Waals surface area (Å²) in [6.07, 6.45) is 2.52. The summed E-state index contributed by atoms with van der Waals surface area (Å²) < 4.78 is 0. The number of piperidine rings is 1. The summed E-state index contributed by atoms with van der Waals surface area (Å²) in [5, 5.41) is 12.0. The number of para-hydroxylation sites is 1. The predicted octanol–water partition coefficient (Wildman–Crippen LogP) is 3.37. The molecule has 1 N–H and O–H groups in total. The van der Waals surface area contributed by atoms with Crippen LogP contribution in [0.3, 0.4) is 0 Å². The van der Waals surface area contributed by atoms with E-state index in [0.717, 1.165) is 38.2 Å². The minimum atomic E-state index is 0.0483. The van der Waals surface area contributed by atoms with Crippen molar-refractivity contribution in [3.05, 3.63) is 29.8 Å². The standard InChI is InChI=1S/C18H25N3O/c1-14(2)16-7-3-4-8-17(16)20-18(22)9-11-21-10-5-6-15(12-19)13-21/h3-4,7-8,14-15H,5-6,9-11,13H2,1-2H3,(H,20,22)/t15-/m1/s1.